The zero-order valence-electron chi connectivity index (χ0n) is 19.3. The number of aromatic nitrogens is 3. The minimum Gasteiger partial charge on any atom is -0.494 e. The Bertz CT molecular complexity index is 1320. The fraction of sp³-hybridized carbons (Fsp3) is 0.320. The van der Waals surface area contributed by atoms with Gasteiger partial charge >= 0.3 is 0 Å². The summed E-state index contributed by atoms with van der Waals surface area (Å²) in [6, 6.07) is 11.0. The van der Waals surface area contributed by atoms with Crippen molar-refractivity contribution < 1.29 is 18.3 Å². The lowest BCUT2D eigenvalue weighted by atomic mass is 10.2. The average Bonchev–Trinajstić information content (AvgIpc) is 3.36. The number of hydrogen-bond donors (Lipinski definition) is 0. The highest BCUT2D eigenvalue weighted by atomic mass is 32.1. The quantitative estimate of drug-likeness (QED) is 0.277. The van der Waals surface area contributed by atoms with Crippen LogP contribution in [0, 0.1) is 25.5 Å². The van der Waals surface area contributed by atoms with Crippen molar-refractivity contribution in [2.45, 2.75) is 40.2 Å². The molecular weight excluding hydrogens is 458 g/mol. The Balaban J connectivity index is 1.67. The molecule has 0 unspecified atom stereocenters. The summed E-state index contributed by atoms with van der Waals surface area (Å²) in [7, 11) is 0. The number of aryl methyl sites for hydroxylation is 2. The van der Waals surface area contributed by atoms with E-state index in [1.54, 1.807) is 18.2 Å². The van der Waals surface area contributed by atoms with Crippen LogP contribution in [0.1, 0.15) is 41.5 Å². The molecule has 178 valence electrons. The van der Waals surface area contributed by atoms with Gasteiger partial charge in [-0.25, -0.2) is 13.8 Å². The van der Waals surface area contributed by atoms with Crippen LogP contribution in [-0.4, -0.2) is 33.8 Å². The molecule has 0 aliphatic carbocycles. The number of carbonyl (C=O) groups is 1. The fourth-order valence-electron chi connectivity index (χ4n) is 3.65. The number of amides is 1. The summed E-state index contributed by atoms with van der Waals surface area (Å²) in [4.78, 5) is 19.4. The Labute approximate surface area is 200 Å². The lowest BCUT2D eigenvalue weighted by Gasteiger charge is -2.21. The van der Waals surface area contributed by atoms with E-state index in [0.717, 1.165) is 41.6 Å². The maximum absolute atomic E-state index is 14.3. The Hall–Kier alpha value is -3.33. The molecule has 0 fully saturated rings. The molecule has 4 aromatic rings. The van der Waals surface area contributed by atoms with Crippen LogP contribution in [-0.2, 0) is 6.54 Å². The molecule has 1 amide bonds. The van der Waals surface area contributed by atoms with Crippen molar-refractivity contribution >= 4 is 32.6 Å². The van der Waals surface area contributed by atoms with Gasteiger partial charge in [0.1, 0.15) is 17.1 Å². The number of anilines is 1. The number of rotatable bonds is 9. The summed E-state index contributed by atoms with van der Waals surface area (Å²) >= 11 is 1.08. The first kappa shape index (κ1) is 23.8. The van der Waals surface area contributed by atoms with Crippen molar-refractivity contribution in [3.63, 3.8) is 0 Å². The second-order valence-electron chi connectivity index (χ2n) is 8.07. The second kappa shape index (κ2) is 10.3. The van der Waals surface area contributed by atoms with Crippen molar-refractivity contribution in [2.75, 3.05) is 18.1 Å². The smallest absolute Gasteiger partial charge is 0.260 e. The van der Waals surface area contributed by atoms with E-state index in [9.17, 15) is 13.6 Å². The topological polar surface area (TPSA) is 60.2 Å². The van der Waals surface area contributed by atoms with Gasteiger partial charge in [0.25, 0.3) is 5.91 Å². The third kappa shape index (κ3) is 5.25. The minimum atomic E-state index is -0.755. The summed E-state index contributed by atoms with van der Waals surface area (Å²) in [5.41, 5.74) is 2.31. The van der Waals surface area contributed by atoms with E-state index in [1.807, 2.05) is 30.7 Å². The molecule has 34 heavy (non-hydrogen) atoms. The number of ether oxygens (including phenoxy) is 1. The normalized spacial score (nSPS) is 11.2. The molecule has 6 nitrogen and oxygen atoms in total. The SMILES string of the molecule is CCCCOc1cccc(C(=O)N(CCn2nc(C)cc2C)c2nc3c(F)cc(F)cc3s2)c1. The first-order valence-corrected chi connectivity index (χ1v) is 12.0. The van der Waals surface area contributed by atoms with Crippen molar-refractivity contribution in [3.05, 3.63) is 71.1 Å². The van der Waals surface area contributed by atoms with Crippen LogP contribution >= 0.6 is 11.3 Å². The monoisotopic (exact) mass is 484 g/mol. The lowest BCUT2D eigenvalue weighted by Crippen LogP contribution is -2.34. The van der Waals surface area contributed by atoms with Gasteiger partial charge in [0.05, 0.1) is 23.5 Å². The molecule has 0 atom stereocenters. The molecule has 9 heteroatoms. The molecule has 0 bridgehead atoms. The van der Waals surface area contributed by atoms with Crippen LogP contribution in [0.15, 0.2) is 42.5 Å². The van der Waals surface area contributed by atoms with Gasteiger partial charge in [-0.15, -0.1) is 0 Å². The second-order valence-corrected chi connectivity index (χ2v) is 9.08. The minimum absolute atomic E-state index is 0.0435. The lowest BCUT2D eigenvalue weighted by molar-refractivity contribution is 0.0985. The number of unbranched alkanes of at least 4 members (excludes halogenated alkanes) is 1. The molecule has 2 aromatic carbocycles. The molecule has 2 aromatic heterocycles. The number of thiazole rings is 1. The van der Waals surface area contributed by atoms with E-state index in [-0.39, 0.29) is 18.0 Å². The van der Waals surface area contributed by atoms with Gasteiger partial charge in [0, 0.05) is 23.9 Å². The average molecular weight is 485 g/mol. The van der Waals surface area contributed by atoms with Crippen LogP contribution in [0.2, 0.25) is 0 Å². The molecule has 0 aliphatic rings. The summed E-state index contributed by atoms with van der Waals surface area (Å²) in [6.45, 7) is 7.17. The van der Waals surface area contributed by atoms with Crippen molar-refractivity contribution in [2.24, 2.45) is 0 Å². The molecule has 0 radical (unpaired) electrons. The van der Waals surface area contributed by atoms with Gasteiger partial charge in [0.15, 0.2) is 10.9 Å². The first-order chi connectivity index (χ1) is 16.4. The Morgan fingerprint density at radius 2 is 2.00 bits per heavy atom. The number of fused-ring (bicyclic) bond motifs is 1. The number of benzene rings is 2. The number of nitrogens with zero attached hydrogens (tertiary/aromatic N) is 4. The van der Waals surface area contributed by atoms with Gasteiger partial charge in [-0.05, 0) is 50.6 Å². The molecule has 4 rings (SSSR count). The van der Waals surface area contributed by atoms with Gasteiger partial charge in [-0.3, -0.25) is 14.4 Å². The number of hydrogen-bond acceptors (Lipinski definition) is 5. The van der Waals surface area contributed by atoms with Gasteiger partial charge < -0.3 is 4.74 Å². The van der Waals surface area contributed by atoms with E-state index in [2.05, 4.69) is 17.0 Å². The standard InChI is InChI=1S/C25H26F2N4O2S/c1-4-5-11-33-20-8-6-7-18(13-20)24(32)30(9-10-31-17(3)12-16(2)29-31)25-28-23-21(27)14-19(26)15-22(23)34-25/h6-8,12-15H,4-5,9-11H2,1-3H3. The summed E-state index contributed by atoms with van der Waals surface area (Å²) in [6.07, 6.45) is 1.92. The molecule has 0 aliphatic heterocycles. The fourth-order valence-corrected chi connectivity index (χ4v) is 4.68. The van der Waals surface area contributed by atoms with Crippen LogP contribution in [0.25, 0.3) is 10.2 Å². The van der Waals surface area contributed by atoms with Crippen molar-refractivity contribution in [1.82, 2.24) is 14.8 Å². The molecule has 0 saturated heterocycles. The van der Waals surface area contributed by atoms with Crippen molar-refractivity contribution in [3.8, 4) is 5.75 Å². The van der Waals surface area contributed by atoms with E-state index in [0.29, 0.717) is 34.3 Å². The van der Waals surface area contributed by atoms with Crippen LogP contribution in [0.3, 0.4) is 0 Å². The maximum Gasteiger partial charge on any atom is 0.260 e. The largest absolute Gasteiger partial charge is 0.494 e. The highest BCUT2D eigenvalue weighted by Gasteiger charge is 2.23. The molecular formula is C25H26F2N4O2S. The van der Waals surface area contributed by atoms with E-state index in [4.69, 9.17) is 4.74 Å². The first-order valence-electron chi connectivity index (χ1n) is 11.2. The summed E-state index contributed by atoms with van der Waals surface area (Å²) < 4.78 is 36.0. The Morgan fingerprint density at radius 3 is 2.74 bits per heavy atom. The van der Waals surface area contributed by atoms with E-state index < -0.39 is 11.6 Å². The highest BCUT2D eigenvalue weighted by Crippen LogP contribution is 2.32. The zero-order valence-corrected chi connectivity index (χ0v) is 20.2. The molecule has 0 spiro atoms. The molecule has 0 saturated carbocycles. The Kier molecular flexibility index (Phi) is 7.21. The summed E-state index contributed by atoms with van der Waals surface area (Å²) in [5.74, 6) is -1.13. The summed E-state index contributed by atoms with van der Waals surface area (Å²) in [5, 5.41) is 4.76. The van der Waals surface area contributed by atoms with E-state index in [1.165, 1.54) is 11.0 Å². The van der Waals surface area contributed by atoms with Gasteiger partial charge in [-0.2, -0.15) is 5.10 Å². The van der Waals surface area contributed by atoms with Crippen LogP contribution < -0.4 is 9.64 Å². The van der Waals surface area contributed by atoms with Gasteiger partial charge in [0.2, 0.25) is 0 Å². The van der Waals surface area contributed by atoms with Gasteiger partial charge in [-0.1, -0.05) is 30.7 Å². The maximum atomic E-state index is 14.3. The highest BCUT2D eigenvalue weighted by molar-refractivity contribution is 7.22. The predicted molar refractivity (Wildman–Crippen MR) is 130 cm³/mol. The van der Waals surface area contributed by atoms with Crippen LogP contribution in [0.4, 0.5) is 13.9 Å². The zero-order chi connectivity index (χ0) is 24.2. The third-order valence-electron chi connectivity index (χ3n) is 5.36. The molecule has 2 heterocycles. The predicted octanol–water partition coefficient (Wildman–Crippen LogP) is 5.91. The third-order valence-corrected chi connectivity index (χ3v) is 6.39. The van der Waals surface area contributed by atoms with Crippen LogP contribution in [0.5, 0.6) is 5.75 Å². The number of carbonyl (C=O) groups excluding carboxylic acids is 1. The number of halogens is 2. The van der Waals surface area contributed by atoms with Crippen molar-refractivity contribution in [1.29, 1.82) is 0 Å². The van der Waals surface area contributed by atoms with E-state index >= 15 is 0 Å². The Morgan fingerprint density at radius 1 is 1.18 bits per heavy atom. The molecule has 0 N–H and O–H groups in total.